The highest BCUT2D eigenvalue weighted by atomic mass is 16.5. The van der Waals surface area contributed by atoms with Crippen molar-refractivity contribution < 1.29 is 24.2 Å². The molecule has 2 N–H and O–H groups in total. The van der Waals surface area contributed by atoms with Crippen LogP contribution in [0.5, 0.6) is 0 Å². The molecule has 4 rings (SSSR count). The van der Waals surface area contributed by atoms with Crippen molar-refractivity contribution in [1.29, 1.82) is 0 Å². The Kier molecular flexibility index (Phi) is 6.82. The highest BCUT2D eigenvalue weighted by molar-refractivity contribution is 5.79. The lowest BCUT2D eigenvalue weighted by molar-refractivity contribution is -0.151. The van der Waals surface area contributed by atoms with E-state index in [1.54, 1.807) is 0 Å². The topological polar surface area (TPSA) is 84.9 Å². The van der Waals surface area contributed by atoms with Crippen LogP contribution < -0.4 is 5.32 Å². The zero-order chi connectivity index (χ0) is 22.3. The minimum Gasteiger partial charge on any atom is -0.479 e. The third kappa shape index (κ3) is 4.98. The zero-order valence-electron chi connectivity index (χ0n) is 17.6. The second-order valence-electron chi connectivity index (χ2n) is 7.66. The molecule has 3 aromatic rings. The van der Waals surface area contributed by atoms with Crippen LogP contribution in [0.2, 0.25) is 0 Å². The van der Waals surface area contributed by atoms with Crippen LogP contribution in [0.25, 0.3) is 11.1 Å². The largest absolute Gasteiger partial charge is 0.479 e. The van der Waals surface area contributed by atoms with Gasteiger partial charge in [-0.15, -0.1) is 0 Å². The molecule has 1 atom stereocenters. The standard InChI is InChI=1S/C26H25NO5/c28-25(29)24(31-16-18-8-2-1-3-9-18)14-15-27-26(30)32-17-23-21-12-6-4-10-19(21)20-11-5-7-13-22(20)23/h1-13,23-24H,14-17H2,(H,27,30)(H,28,29)/t24-/m0/s1. The highest BCUT2D eigenvalue weighted by Crippen LogP contribution is 2.44. The van der Waals surface area contributed by atoms with Crippen LogP contribution in [0.4, 0.5) is 4.79 Å². The minimum absolute atomic E-state index is 0.0193. The fourth-order valence-corrected chi connectivity index (χ4v) is 4.00. The van der Waals surface area contributed by atoms with E-state index in [-0.39, 0.29) is 32.1 Å². The summed E-state index contributed by atoms with van der Waals surface area (Å²) >= 11 is 0. The minimum atomic E-state index is -1.06. The molecule has 6 heteroatoms. The van der Waals surface area contributed by atoms with E-state index in [0.717, 1.165) is 27.8 Å². The van der Waals surface area contributed by atoms with Crippen molar-refractivity contribution in [3.63, 3.8) is 0 Å². The maximum absolute atomic E-state index is 12.2. The number of ether oxygens (including phenoxy) is 2. The fraction of sp³-hybridized carbons (Fsp3) is 0.231. The van der Waals surface area contributed by atoms with E-state index in [1.165, 1.54) is 0 Å². The Morgan fingerprint density at radius 3 is 2.09 bits per heavy atom. The molecule has 0 radical (unpaired) electrons. The van der Waals surface area contributed by atoms with Crippen LogP contribution >= 0.6 is 0 Å². The van der Waals surface area contributed by atoms with Crippen molar-refractivity contribution in [3.05, 3.63) is 95.6 Å². The first kappa shape index (κ1) is 21.6. The molecule has 0 saturated heterocycles. The van der Waals surface area contributed by atoms with Crippen LogP contribution in [0.1, 0.15) is 29.0 Å². The van der Waals surface area contributed by atoms with Crippen LogP contribution in [-0.4, -0.2) is 36.4 Å². The third-order valence-corrected chi connectivity index (χ3v) is 5.59. The molecular formula is C26H25NO5. The van der Waals surface area contributed by atoms with Crippen LogP contribution in [0.15, 0.2) is 78.9 Å². The molecule has 6 nitrogen and oxygen atoms in total. The van der Waals surface area contributed by atoms with Crippen molar-refractivity contribution in [2.24, 2.45) is 0 Å². The number of carbonyl (C=O) groups excluding carboxylic acids is 1. The molecule has 0 spiro atoms. The van der Waals surface area contributed by atoms with Crippen molar-refractivity contribution in [1.82, 2.24) is 5.32 Å². The average Bonchev–Trinajstić information content (AvgIpc) is 3.14. The lowest BCUT2D eigenvalue weighted by Crippen LogP contribution is -2.32. The summed E-state index contributed by atoms with van der Waals surface area (Å²) in [5.74, 6) is -1.08. The molecule has 164 valence electrons. The summed E-state index contributed by atoms with van der Waals surface area (Å²) < 4.78 is 11.0. The van der Waals surface area contributed by atoms with E-state index in [9.17, 15) is 14.7 Å². The quantitative estimate of drug-likeness (QED) is 0.518. The van der Waals surface area contributed by atoms with E-state index in [1.807, 2.05) is 54.6 Å². The predicted octanol–water partition coefficient (Wildman–Crippen LogP) is 4.59. The molecule has 32 heavy (non-hydrogen) atoms. The number of hydrogen-bond acceptors (Lipinski definition) is 4. The van der Waals surface area contributed by atoms with Crippen molar-refractivity contribution >= 4 is 12.1 Å². The summed E-state index contributed by atoms with van der Waals surface area (Å²) in [6.45, 7) is 0.553. The number of carbonyl (C=O) groups is 2. The van der Waals surface area contributed by atoms with Crippen LogP contribution in [0.3, 0.4) is 0 Å². The second kappa shape index (κ2) is 10.1. The normalized spacial score (nSPS) is 13.1. The van der Waals surface area contributed by atoms with Crippen molar-refractivity contribution in [2.45, 2.75) is 25.0 Å². The van der Waals surface area contributed by atoms with Crippen LogP contribution in [-0.2, 0) is 20.9 Å². The monoisotopic (exact) mass is 431 g/mol. The molecule has 1 amide bonds. The fourth-order valence-electron chi connectivity index (χ4n) is 4.00. The zero-order valence-corrected chi connectivity index (χ0v) is 17.6. The number of hydrogen-bond donors (Lipinski definition) is 2. The average molecular weight is 431 g/mol. The summed E-state index contributed by atoms with van der Waals surface area (Å²) in [6, 6.07) is 25.6. The van der Waals surface area contributed by atoms with Gasteiger partial charge in [0.1, 0.15) is 6.61 Å². The maximum atomic E-state index is 12.2. The Morgan fingerprint density at radius 1 is 0.875 bits per heavy atom. The van der Waals surface area contributed by atoms with E-state index in [4.69, 9.17) is 9.47 Å². The van der Waals surface area contributed by atoms with E-state index >= 15 is 0 Å². The summed E-state index contributed by atoms with van der Waals surface area (Å²) in [7, 11) is 0. The molecule has 0 aliphatic heterocycles. The smallest absolute Gasteiger partial charge is 0.407 e. The first-order valence-corrected chi connectivity index (χ1v) is 10.6. The number of carboxylic acid groups (broad SMARTS) is 1. The maximum Gasteiger partial charge on any atom is 0.407 e. The third-order valence-electron chi connectivity index (χ3n) is 5.59. The molecule has 1 aliphatic carbocycles. The number of nitrogens with one attached hydrogen (secondary N) is 1. The van der Waals surface area contributed by atoms with Gasteiger partial charge in [0, 0.05) is 18.9 Å². The van der Waals surface area contributed by atoms with Gasteiger partial charge in [-0.2, -0.15) is 0 Å². The molecule has 0 saturated carbocycles. The summed E-state index contributed by atoms with van der Waals surface area (Å²) in [5.41, 5.74) is 5.50. The number of amides is 1. The predicted molar refractivity (Wildman–Crippen MR) is 120 cm³/mol. The second-order valence-corrected chi connectivity index (χ2v) is 7.66. The molecule has 0 fully saturated rings. The lowest BCUT2D eigenvalue weighted by Gasteiger charge is -2.16. The number of benzene rings is 3. The number of rotatable bonds is 9. The highest BCUT2D eigenvalue weighted by Gasteiger charge is 2.29. The Balaban J connectivity index is 1.27. The number of alkyl carbamates (subject to hydrolysis) is 1. The lowest BCUT2D eigenvalue weighted by atomic mass is 9.98. The first-order valence-electron chi connectivity index (χ1n) is 10.6. The van der Waals surface area contributed by atoms with Gasteiger partial charge in [0.25, 0.3) is 0 Å². The van der Waals surface area contributed by atoms with Crippen molar-refractivity contribution in [3.8, 4) is 11.1 Å². The van der Waals surface area contributed by atoms with Gasteiger partial charge < -0.3 is 19.9 Å². The number of carboxylic acids is 1. The van der Waals surface area contributed by atoms with E-state index < -0.39 is 18.2 Å². The van der Waals surface area contributed by atoms with Gasteiger partial charge in [-0.3, -0.25) is 0 Å². The molecule has 0 aromatic heterocycles. The molecule has 3 aromatic carbocycles. The first-order chi connectivity index (χ1) is 15.6. The van der Waals surface area contributed by atoms with Gasteiger partial charge in [0.05, 0.1) is 6.61 Å². The van der Waals surface area contributed by atoms with Gasteiger partial charge in [0.15, 0.2) is 6.10 Å². The Bertz CT molecular complexity index is 1040. The summed E-state index contributed by atoms with van der Waals surface area (Å²) in [5, 5.41) is 12.0. The number of fused-ring (bicyclic) bond motifs is 3. The Hall–Kier alpha value is -3.64. The van der Waals surface area contributed by atoms with Gasteiger partial charge in [0.2, 0.25) is 0 Å². The van der Waals surface area contributed by atoms with Gasteiger partial charge >= 0.3 is 12.1 Å². The van der Waals surface area contributed by atoms with Gasteiger partial charge in [-0.25, -0.2) is 9.59 Å². The van der Waals surface area contributed by atoms with Gasteiger partial charge in [-0.1, -0.05) is 78.9 Å². The van der Waals surface area contributed by atoms with Gasteiger partial charge in [-0.05, 0) is 27.8 Å². The molecule has 1 aliphatic rings. The summed E-state index contributed by atoms with van der Waals surface area (Å²) in [6.07, 6.45) is -1.44. The van der Waals surface area contributed by atoms with Crippen molar-refractivity contribution in [2.75, 3.05) is 13.2 Å². The Labute approximate surface area is 186 Å². The van der Waals surface area contributed by atoms with E-state index in [2.05, 4.69) is 29.6 Å². The molecular weight excluding hydrogens is 406 g/mol. The van der Waals surface area contributed by atoms with E-state index in [0.29, 0.717) is 0 Å². The molecule has 0 unspecified atom stereocenters. The molecule has 0 bridgehead atoms. The SMILES string of the molecule is O=C(NCC[C@H](OCc1ccccc1)C(=O)O)OCC1c2ccccc2-c2ccccc21. The number of aliphatic carboxylic acids is 1. The van der Waals surface area contributed by atoms with Crippen LogP contribution in [0, 0.1) is 0 Å². The molecule has 0 heterocycles. The summed E-state index contributed by atoms with van der Waals surface area (Å²) in [4.78, 5) is 23.7. The Morgan fingerprint density at radius 2 is 1.47 bits per heavy atom.